The molecule has 0 unspecified atom stereocenters. The first-order valence-corrected chi connectivity index (χ1v) is 3.55. The summed E-state index contributed by atoms with van der Waals surface area (Å²) in [5, 5.41) is 15.6. The Kier molecular flexibility index (Phi) is 20.7. The quantitative estimate of drug-likeness (QED) is 0.402. The number of carboxylic acid groups (broad SMARTS) is 2. The van der Waals surface area contributed by atoms with E-state index in [2.05, 4.69) is 24.9 Å². The van der Waals surface area contributed by atoms with E-state index in [4.69, 9.17) is 10.2 Å². The molecule has 0 aromatic rings. The van der Waals surface area contributed by atoms with Crippen molar-refractivity contribution in [2.75, 3.05) is 0 Å². The van der Waals surface area contributed by atoms with E-state index in [1.54, 1.807) is 0 Å². The number of carbonyl (C=O) groups is 2. The molecule has 0 amide bonds. The number of hydrogen-bond acceptors (Lipinski definition) is 3. The zero-order valence-electron chi connectivity index (χ0n) is 6.63. The molecule has 0 saturated heterocycles. The van der Waals surface area contributed by atoms with Crippen molar-refractivity contribution in [1.29, 1.82) is 0 Å². The molecular formula is C4H5FeNaO4S. The fourth-order valence-electron chi connectivity index (χ4n) is 0.143. The zero-order chi connectivity index (χ0) is 8.57. The molecule has 0 aromatic heterocycles. The second-order valence-electron chi connectivity index (χ2n) is 1.01. The van der Waals surface area contributed by atoms with Crippen LogP contribution >= 0.6 is 10.6 Å². The van der Waals surface area contributed by atoms with Crippen LogP contribution in [0.1, 0.15) is 1.43 Å². The van der Waals surface area contributed by atoms with Gasteiger partial charge in [-0.05, 0) is 0 Å². The molecule has 0 aliphatic carbocycles. The van der Waals surface area contributed by atoms with E-state index < -0.39 is 11.9 Å². The van der Waals surface area contributed by atoms with E-state index in [9.17, 15) is 9.59 Å². The Bertz CT molecular complexity index is 149. The molecule has 0 atom stereocenters. The predicted molar refractivity (Wildman–Crippen MR) is 33.1 cm³/mol. The summed E-state index contributed by atoms with van der Waals surface area (Å²) in [6.07, 6.45) is 1.12. The molecule has 0 bridgehead atoms. The van der Waals surface area contributed by atoms with E-state index in [0.717, 1.165) is 0 Å². The van der Waals surface area contributed by atoms with E-state index >= 15 is 0 Å². The maximum absolute atomic E-state index is 9.55. The molecule has 0 spiro atoms. The van der Waals surface area contributed by atoms with E-state index in [0.29, 0.717) is 12.2 Å². The minimum absolute atomic E-state index is 0. The van der Waals surface area contributed by atoms with Gasteiger partial charge < -0.3 is 11.6 Å². The van der Waals surface area contributed by atoms with Crippen molar-refractivity contribution in [2.45, 2.75) is 0 Å². The molecule has 0 saturated carbocycles. The summed E-state index contributed by atoms with van der Waals surface area (Å²) in [7, 11) is 3.83. The number of carboxylic acids is 2. The standard InChI is InChI=1S/C4H4O4.Fe.Na.S.H/c5-3(6)1-2-4(7)8;;;;/h1-2H,(H,5,6)(H,7,8);;;;/q;;+1;;-1/b2-1-;;;;. The summed E-state index contributed by atoms with van der Waals surface area (Å²) >= 11 is 2.83. The molecule has 0 aliphatic rings. The van der Waals surface area contributed by atoms with Crippen molar-refractivity contribution in [2.24, 2.45) is 0 Å². The van der Waals surface area contributed by atoms with Crippen molar-refractivity contribution in [3.8, 4) is 0 Å². The Labute approximate surface area is 99.1 Å². The van der Waals surface area contributed by atoms with Crippen LogP contribution in [0.25, 0.3) is 0 Å². The van der Waals surface area contributed by atoms with Gasteiger partial charge in [0.25, 0.3) is 0 Å². The number of hydrogen-bond donors (Lipinski definition) is 2. The summed E-state index contributed by atoms with van der Waals surface area (Å²) in [6, 6.07) is 0. The van der Waals surface area contributed by atoms with Crippen molar-refractivity contribution in [3.05, 3.63) is 12.2 Å². The summed E-state index contributed by atoms with van der Waals surface area (Å²) in [5.74, 6) is -2.51. The molecule has 7 heteroatoms. The third-order valence-corrected chi connectivity index (χ3v) is 0.368. The Morgan fingerprint density at radius 3 is 1.45 bits per heavy atom. The monoisotopic (exact) mass is 228 g/mol. The average molecular weight is 228 g/mol. The van der Waals surface area contributed by atoms with Crippen LogP contribution in [0.15, 0.2) is 12.2 Å². The molecule has 0 heterocycles. The van der Waals surface area contributed by atoms with Crippen molar-refractivity contribution >= 4 is 22.5 Å². The summed E-state index contributed by atoms with van der Waals surface area (Å²) in [5.41, 5.74) is 0. The second kappa shape index (κ2) is 13.0. The van der Waals surface area contributed by atoms with Gasteiger partial charge in [0.05, 0.1) is 0 Å². The molecule has 2 N–H and O–H groups in total. The van der Waals surface area contributed by atoms with Gasteiger partial charge in [-0.1, -0.05) is 0 Å². The first-order chi connectivity index (χ1) is 4.63. The molecule has 0 fully saturated rings. The summed E-state index contributed by atoms with van der Waals surface area (Å²) < 4.78 is 0. The predicted octanol–water partition coefficient (Wildman–Crippen LogP) is -2.53. The zero-order valence-corrected chi connectivity index (χ0v) is 9.55. The van der Waals surface area contributed by atoms with Crippen LogP contribution < -0.4 is 29.6 Å². The Morgan fingerprint density at radius 1 is 1.18 bits per heavy atom. The maximum atomic E-state index is 9.55. The average Bonchev–Trinajstić information content (AvgIpc) is 1.89. The van der Waals surface area contributed by atoms with Crippen LogP contribution in [-0.2, 0) is 24.0 Å². The van der Waals surface area contributed by atoms with Gasteiger partial charge in [0.2, 0.25) is 0 Å². The topological polar surface area (TPSA) is 74.6 Å². The number of aliphatic carboxylic acids is 2. The van der Waals surface area contributed by atoms with Gasteiger partial charge >= 0.3 is 66.4 Å². The molecule has 0 aromatic carbocycles. The first-order valence-electron chi connectivity index (χ1n) is 1.91. The number of rotatable bonds is 2. The van der Waals surface area contributed by atoms with Gasteiger partial charge in [-0.3, -0.25) is 0 Å². The van der Waals surface area contributed by atoms with Crippen LogP contribution in [0, 0.1) is 0 Å². The SMILES string of the molecule is O=C(O)/C=C\C(=O)O.[H-].[Na+].[S]=[Fe]. The van der Waals surface area contributed by atoms with Crippen LogP contribution in [-0.4, -0.2) is 22.2 Å². The van der Waals surface area contributed by atoms with Gasteiger partial charge in [-0.2, -0.15) is 0 Å². The van der Waals surface area contributed by atoms with Crippen molar-refractivity contribution < 1.29 is 65.2 Å². The first kappa shape index (κ1) is 17.5. The fraction of sp³-hybridized carbons (Fsp3) is 0. The Morgan fingerprint density at radius 2 is 1.36 bits per heavy atom. The summed E-state index contributed by atoms with van der Waals surface area (Å²) in [6.45, 7) is 0. The van der Waals surface area contributed by atoms with Gasteiger partial charge in [-0.25, -0.2) is 9.59 Å². The summed E-state index contributed by atoms with van der Waals surface area (Å²) in [4.78, 5) is 19.1. The van der Waals surface area contributed by atoms with Gasteiger partial charge in [0.1, 0.15) is 0 Å². The van der Waals surface area contributed by atoms with Gasteiger partial charge in [-0.15, -0.1) is 0 Å². The van der Waals surface area contributed by atoms with Crippen LogP contribution in [0.3, 0.4) is 0 Å². The van der Waals surface area contributed by atoms with E-state index in [1.807, 2.05) is 0 Å². The normalized spacial score (nSPS) is 7.36. The van der Waals surface area contributed by atoms with Gasteiger partial charge in [0, 0.05) is 12.2 Å². The van der Waals surface area contributed by atoms with Crippen LogP contribution in [0.4, 0.5) is 0 Å². The third-order valence-electron chi connectivity index (χ3n) is 0.368. The molecule has 4 nitrogen and oxygen atoms in total. The fourth-order valence-corrected chi connectivity index (χ4v) is 0.143. The Hall–Kier alpha value is 0.419. The van der Waals surface area contributed by atoms with Crippen molar-refractivity contribution in [3.63, 3.8) is 0 Å². The third kappa shape index (κ3) is 25.1. The Balaban J connectivity index is -0.0000000740. The van der Waals surface area contributed by atoms with E-state index in [1.165, 1.54) is 0 Å². The van der Waals surface area contributed by atoms with Crippen LogP contribution in [0.5, 0.6) is 0 Å². The molecule has 0 radical (unpaired) electrons. The van der Waals surface area contributed by atoms with Crippen LogP contribution in [0.2, 0.25) is 0 Å². The molecular weight excluding hydrogens is 223 g/mol. The van der Waals surface area contributed by atoms with E-state index in [-0.39, 0.29) is 31.0 Å². The minimum atomic E-state index is -1.26. The van der Waals surface area contributed by atoms with Crippen molar-refractivity contribution in [1.82, 2.24) is 0 Å². The van der Waals surface area contributed by atoms with Gasteiger partial charge in [0.15, 0.2) is 0 Å². The molecule has 0 aliphatic heterocycles. The molecule has 11 heavy (non-hydrogen) atoms. The second-order valence-corrected chi connectivity index (χ2v) is 1.01. The molecule has 60 valence electrons. The molecule has 0 rings (SSSR count).